The van der Waals surface area contributed by atoms with Gasteiger partial charge in [0.05, 0.1) is 19.3 Å². The normalized spacial score (nSPS) is 16.8. The van der Waals surface area contributed by atoms with Gasteiger partial charge in [-0.05, 0) is 78.6 Å². The molecule has 0 spiro atoms. The number of piperidine rings is 1. The first-order chi connectivity index (χ1) is 14.4. The van der Waals surface area contributed by atoms with E-state index in [1.807, 2.05) is 52.0 Å². The average molecular weight is 414 g/mol. The molecule has 1 aromatic carbocycles. The molecule has 30 heavy (non-hydrogen) atoms. The van der Waals surface area contributed by atoms with Crippen molar-refractivity contribution in [3.63, 3.8) is 0 Å². The molecule has 1 aromatic heterocycles. The molecule has 1 fully saturated rings. The van der Waals surface area contributed by atoms with Gasteiger partial charge < -0.3 is 14.2 Å². The van der Waals surface area contributed by atoms with Gasteiger partial charge in [0.15, 0.2) is 11.5 Å². The van der Waals surface area contributed by atoms with Gasteiger partial charge in [-0.15, -0.1) is 0 Å². The molecule has 0 saturated carbocycles. The molecule has 0 amide bonds. The van der Waals surface area contributed by atoms with Gasteiger partial charge in [0, 0.05) is 12.4 Å². The Labute approximate surface area is 180 Å². The van der Waals surface area contributed by atoms with E-state index < -0.39 is 0 Å². The Balaban J connectivity index is 1.55. The zero-order valence-electron chi connectivity index (χ0n) is 18.9. The Morgan fingerprint density at radius 3 is 2.30 bits per heavy atom. The van der Waals surface area contributed by atoms with Crippen LogP contribution in [0.15, 0.2) is 36.7 Å². The summed E-state index contributed by atoms with van der Waals surface area (Å²) in [6, 6.07) is 8.06. The third-order valence-corrected chi connectivity index (χ3v) is 5.31. The van der Waals surface area contributed by atoms with Crippen LogP contribution in [0.2, 0.25) is 0 Å². The van der Waals surface area contributed by atoms with Crippen LogP contribution >= 0.6 is 0 Å². The summed E-state index contributed by atoms with van der Waals surface area (Å²) >= 11 is 0. The molecule has 0 aliphatic carbocycles. The van der Waals surface area contributed by atoms with E-state index in [9.17, 15) is 0 Å². The minimum absolute atomic E-state index is 0.164. The Hall–Kier alpha value is -2.34. The largest absolute Gasteiger partial charge is 0.490 e. The summed E-state index contributed by atoms with van der Waals surface area (Å²) in [7, 11) is 0. The number of ether oxygens (including phenoxy) is 3. The fourth-order valence-corrected chi connectivity index (χ4v) is 3.72. The second-order valence-electron chi connectivity index (χ2n) is 8.81. The van der Waals surface area contributed by atoms with E-state index >= 15 is 0 Å². The summed E-state index contributed by atoms with van der Waals surface area (Å²) in [4.78, 5) is 11.5. The first kappa shape index (κ1) is 22.3. The SMILES string of the molecule is CCOc1ccccc1OCC1CCN(C(C)c2nccnc2OC(C)(C)C)CC1. The second kappa shape index (κ2) is 10.1. The molecule has 3 rings (SSSR count). The first-order valence-electron chi connectivity index (χ1n) is 11.0. The van der Waals surface area contributed by atoms with Gasteiger partial charge >= 0.3 is 0 Å². The van der Waals surface area contributed by atoms with Crippen LogP contribution in [0.1, 0.15) is 59.2 Å². The fourth-order valence-electron chi connectivity index (χ4n) is 3.72. The minimum Gasteiger partial charge on any atom is -0.490 e. The molecule has 1 aliphatic heterocycles. The highest BCUT2D eigenvalue weighted by atomic mass is 16.5. The molecule has 6 nitrogen and oxygen atoms in total. The summed E-state index contributed by atoms with van der Waals surface area (Å²) in [5, 5.41) is 0. The molecule has 1 aliphatic rings. The number of rotatable bonds is 8. The maximum absolute atomic E-state index is 6.10. The quantitative estimate of drug-likeness (QED) is 0.613. The van der Waals surface area contributed by atoms with Crippen molar-refractivity contribution in [3.8, 4) is 17.4 Å². The van der Waals surface area contributed by atoms with Crippen molar-refractivity contribution in [1.29, 1.82) is 0 Å². The van der Waals surface area contributed by atoms with E-state index in [1.165, 1.54) is 0 Å². The molecule has 6 heteroatoms. The fraction of sp³-hybridized carbons (Fsp3) is 0.583. The summed E-state index contributed by atoms with van der Waals surface area (Å²) < 4.78 is 17.8. The number of hydrogen-bond acceptors (Lipinski definition) is 6. The van der Waals surface area contributed by atoms with Gasteiger partial charge in [-0.25, -0.2) is 4.98 Å². The van der Waals surface area contributed by atoms with E-state index in [0.29, 0.717) is 18.4 Å². The van der Waals surface area contributed by atoms with Gasteiger partial charge in [0.1, 0.15) is 11.3 Å². The van der Waals surface area contributed by atoms with Gasteiger partial charge in [-0.3, -0.25) is 9.88 Å². The molecule has 0 N–H and O–H groups in total. The first-order valence-corrected chi connectivity index (χ1v) is 11.0. The van der Waals surface area contributed by atoms with E-state index in [0.717, 1.165) is 49.7 Å². The number of likely N-dealkylation sites (tertiary alicyclic amines) is 1. The number of nitrogens with zero attached hydrogens (tertiary/aromatic N) is 3. The molecular weight excluding hydrogens is 378 g/mol. The number of aromatic nitrogens is 2. The zero-order valence-corrected chi connectivity index (χ0v) is 18.9. The van der Waals surface area contributed by atoms with Gasteiger partial charge in [-0.2, -0.15) is 0 Å². The van der Waals surface area contributed by atoms with Crippen molar-refractivity contribution >= 4 is 0 Å². The average Bonchev–Trinajstić information content (AvgIpc) is 2.72. The maximum Gasteiger partial charge on any atom is 0.237 e. The Morgan fingerprint density at radius 2 is 1.67 bits per heavy atom. The lowest BCUT2D eigenvalue weighted by Crippen LogP contribution is -2.38. The van der Waals surface area contributed by atoms with Crippen LogP contribution in [0.5, 0.6) is 17.4 Å². The van der Waals surface area contributed by atoms with Crippen LogP contribution in [-0.2, 0) is 0 Å². The van der Waals surface area contributed by atoms with Crippen LogP contribution in [-0.4, -0.2) is 46.8 Å². The molecule has 164 valence electrons. The molecule has 2 heterocycles. The van der Waals surface area contributed by atoms with Crippen molar-refractivity contribution in [1.82, 2.24) is 14.9 Å². The standard InChI is InChI=1S/C24H35N3O3/c1-6-28-20-9-7-8-10-21(20)29-17-19-11-15-27(16-12-19)18(2)22-23(26-14-13-25-22)30-24(3,4)5/h7-10,13-14,18-19H,6,11-12,15-17H2,1-5H3. The van der Waals surface area contributed by atoms with Crippen molar-refractivity contribution in [2.75, 3.05) is 26.3 Å². The van der Waals surface area contributed by atoms with Crippen LogP contribution in [0.4, 0.5) is 0 Å². The Bertz CT molecular complexity index is 798. The molecule has 1 unspecified atom stereocenters. The van der Waals surface area contributed by atoms with Gasteiger partial charge in [0.25, 0.3) is 0 Å². The molecule has 0 radical (unpaired) electrons. The van der Waals surface area contributed by atoms with Crippen LogP contribution in [0, 0.1) is 5.92 Å². The van der Waals surface area contributed by atoms with Crippen LogP contribution < -0.4 is 14.2 Å². The van der Waals surface area contributed by atoms with Gasteiger partial charge in [0.2, 0.25) is 5.88 Å². The lowest BCUT2D eigenvalue weighted by molar-refractivity contribution is 0.0966. The number of benzene rings is 1. The van der Waals surface area contributed by atoms with E-state index in [-0.39, 0.29) is 11.6 Å². The molecule has 2 aromatic rings. The summed E-state index contributed by atoms with van der Waals surface area (Å²) in [5.74, 6) is 2.82. The molecule has 1 atom stereocenters. The lowest BCUT2D eigenvalue weighted by Gasteiger charge is -2.36. The third-order valence-electron chi connectivity index (χ3n) is 5.31. The summed E-state index contributed by atoms with van der Waals surface area (Å²) in [6.45, 7) is 13.6. The van der Waals surface area contributed by atoms with Crippen LogP contribution in [0.3, 0.4) is 0 Å². The third kappa shape index (κ3) is 6.08. The van der Waals surface area contributed by atoms with Crippen LogP contribution in [0.25, 0.3) is 0 Å². The highest BCUT2D eigenvalue weighted by molar-refractivity contribution is 5.39. The predicted octanol–water partition coefficient (Wildman–Crippen LogP) is 4.90. The monoisotopic (exact) mass is 413 g/mol. The molecule has 1 saturated heterocycles. The van der Waals surface area contributed by atoms with Crippen molar-refractivity contribution in [3.05, 3.63) is 42.4 Å². The van der Waals surface area contributed by atoms with Crippen molar-refractivity contribution < 1.29 is 14.2 Å². The van der Waals surface area contributed by atoms with Crippen molar-refractivity contribution in [2.45, 2.75) is 59.1 Å². The number of para-hydroxylation sites is 2. The Kier molecular flexibility index (Phi) is 7.53. The smallest absolute Gasteiger partial charge is 0.237 e. The van der Waals surface area contributed by atoms with E-state index in [2.05, 4.69) is 21.8 Å². The second-order valence-corrected chi connectivity index (χ2v) is 8.81. The zero-order chi connectivity index (χ0) is 21.6. The van der Waals surface area contributed by atoms with Gasteiger partial charge in [-0.1, -0.05) is 12.1 Å². The molecular formula is C24H35N3O3. The molecule has 0 bridgehead atoms. The Morgan fingerprint density at radius 1 is 1.03 bits per heavy atom. The lowest BCUT2D eigenvalue weighted by atomic mass is 9.96. The highest BCUT2D eigenvalue weighted by Gasteiger charge is 2.28. The predicted molar refractivity (Wildman–Crippen MR) is 118 cm³/mol. The van der Waals surface area contributed by atoms with Crippen molar-refractivity contribution in [2.24, 2.45) is 5.92 Å². The summed E-state index contributed by atoms with van der Waals surface area (Å²) in [5.41, 5.74) is 0.611. The highest BCUT2D eigenvalue weighted by Crippen LogP contribution is 2.32. The maximum atomic E-state index is 6.10. The minimum atomic E-state index is -0.299. The topological polar surface area (TPSA) is 56.7 Å². The number of hydrogen-bond donors (Lipinski definition) is 0. The van der Waals surface area contributed by atoms with E-state index in [4.69, 9.17) is 14.2 Å². The van der Waals surface area contributed by atoms with E-state index in [1.54, 1.807) is 12.4 Å². The summed E-state index contributed by atoms with van der Waals surface area (Å²) in [6.07, 6.45) is 5.63.